The minimum absolute atomic E-state index is 0.0478. The van der Waals surface area contributed by atoms with E-state index in [-0.39, 0.29) is 29.9 Å². The van der Waals surface area contributed by atoms with Crippen LogP contribution in [0.25, 0.3) is 0 Å². The Morgan fingerprint density at radius 2 is 1.88 bits per heavy atom. The lowest BCUT2D eigenvalue weighted by Crippen LogP contribution is -2.16. The first-order valence-corrected chi connectivity index (χ1v) is 7.54. The average Bonchev–Trinajstić information content (AvgIpc) is 2.57. The van der Waals surface area contributed by atoms with E-state index in [0.717, 1.165) is 18.2 Å². The summed E-state index contributed by atoms with van der Waals surface area (Å²) in [5.74, 6) is -2.31. The smallest absolute Gasteiger partial charge is 0.309 e. The van der Waals surface area contributed by atoms with Gasteiger partial charge >= 0.3 is 5.97 Å². The molecule has 0 aromatic heterocycles. The summed E-state index contributed by atoms with van der Waals surface area (Å²) in [4.78, 5) is 23.1. The molecule has 2 N–H and O–H groups in total. The van der Waals surface area contributed by atoms with Crippen molar-refractivity contribution in [1.82, 2.24) is 0 Å². The number of amides is 1. The summed E-state index contributed by atoms with van der Waals surface area (Å²) in [6.45, 7) is 1.39. The van der Waals surface area contributed by atoms with Crippen molar-refractivity contribution in [2.24, 2.45) is 5.73 Å². The number of esters is 1. The lowest BCUT2D eigenvalue weighted by Gasteiger charge is -2.15. The summed E-state index contributed by atoms with van der Waals surface area (Å²) >= 11 is 0. The van der Waals surface area contributed by atoms with E-state index in [1.165, 1.54) is 13.0 Å². The number of ether oxygens (including phenoxy) is 2. The Morgan fingerprint density at radius 3 is 2.60 bits per heavy atom. The van der Waals surface area contributed by atoms with Crippen molar-refractivity contribution < 1.29 is 27.8 Å². The molecule has 0 aliphatic rings. The van der Waals surface area contributed by atoms with Crippen LogP contribution in [0.15, 0.2) is 42.5 Å². The Hall–Kier alpha value is -2.96. The van der Waals surface area contributed by atoms with Crippen molar-refractivity contribution in [1.29, 1.82) is 0 Å². The summed E-state index contributed by atoms with van der Waals surface area (Å²) < 4.78 is 37.2. The third-order valence-electron chi connectivity index (χ3n) is 3.42. The van der Waals surface area contributed by atoms with Gasteiger partial charge in [-0.15, -0.1) is 0 Å². The van der Waals surface area contributed by atoms with E-state index in [0.29, 0.717) is 0 Å². The van der Waals surface area contributed by atoms with Crippen LogP contribution in [-0.2, 0) is 9.53 Å². The zero-order valence-corrected chi connectivity index (χ0v) is 13.5. The van der Waals surface area contributed by atoms with Crippen molar-refractivity contribution in [2.75, 3.05) is 6.61 Å². The van der Waals surface area contributed by atoms with Crippen molar-refractivity contribution in [3.63, 3.8) is 0 Å². The molecule has 1 amide bonds. The molecule has 132 valence electrons. The minimum atomic E-state index is -0.943. The Labute approximate surface area is 143 Å². The van der Waals surface area contributed by atoms with E-state index in [1.54, 1.807) is 18.2 Å². The number of hydrogen-bond acceptors (Lipinski definition) is 4. The number of hydrogen-bond donors (Lipinski definition) is 1. The summed E-state index contributed by atoms with van der Waals surface area (Å²) in [6, 6.07) is 9.29. The first-order chi connectivity index (χ1) is 11.9. The average molecular weight is 349 g/mol. The third-order valence-corrected chi connectivity index (χ3v) is 3.42. The highest BCUT2D eigenvalue weighted by Crippen LogP contribution is 2.22. The van der Waals surface area contributed by atoms with Gasteiger partial charge in [0.2, 0.25) is 0 Å². The number of primary amides is 1. The quantitative estimate of drug-likeness (QED) is 0.779. The normalized spacial score (nSPS) is 11.6. The van der Waals surface area contributed by atoms with Gasteiger partial charge < -0.3 is 15.2 Å². The molecular weight excluding hydrogens is 332 g/mol. The monoisotopic (exact) mass is 349 g/mol. The van der Waals surface area contributed by atoms with Crippen LogP contribution in [0, 0.1) is 11.6 Å². The minimum Gasteiger partial charge on any atom is -0.492 e. The topological polar surface area (TPSA) is 78.6 Å². The molecule has 0 aliphatic carbocycles. The highest BCUT2D eigenvalue weighted by molar-refractivity contribution is 5.95. The first kappa shape index (κ1) is 18.4. The number of halogens is 2. The molecule has 0 bridgehead atoms. The van der Waals surface area contributed by atoms with Gasteiger partial charge in [-0.1, -0.05) is 12.1 Å². The molecular formula is C18H17F2NO4. The summed E-state index contributed by atoms with van der Waals surface area (Å²) in [5.41, 5.74) is 5.38. The third kappa shape index (κ3) is 5.00. The highest BCUT2D eigenvalue weighted by Gasteiger charge is 2.17. The zero-order valence-electron chi connectivity index (χ0n) is 13.5. The molecule has 2 aromatic rings. The molecule has 7 heteroatoms. The maximum Gasteiger partial charge on any atom is 0.309 e. The number of nitrogens with two attached hydrogens (primary N) is 1. The molecule has 0 fully saturated rings. The van der Waals surface area contributed by atoms with E-state index in [1.807, 2.05) is 0 Å². The number of rotatable bonds is 7. The molecule has 2 rings (SSSR count). The van der Waals surface area contributed by atoms with Crippen LogP contribution in [0.5, 0.6) is 5.75 Å². The maximum atomic E-state index is 13.6. The molecule has 0 aliphatic heterocycles. The van der Waals surface area contributed by atoms with Gasteiger partial charge in [0.15, 0.2) is 0 Å². The largest absolute Gasteiger partial charge is 0.492 e. The standard InChI is InChI=1S/C18H17F2NO4/c1-11(14-10-12(19)6-7-15(14)20)25-17(22)8-9-24-16-5-3-2-4-13(16)18(21)23/h2-7,10-11H,8-9H2,1H3,(H2,21,23)/t11-/m0/s1. The summed E-state index contributed by atoms with van der Waals surface area (Å²) in [6.07, 6.45) is -1.07. The second-order valence-corrected chi connectivity index (χ2v) is 5.26. The lowest BCUT2D eigenvalue weighted by atomic mass is 10.1. The molecule has 0 heterocycles. The van der Waals surface area contributed by atoms with Crippen LogP contribution in [0.1, 0.15) is 35.4 Å². The second kappa shape index (κ2) is 8.23. The Kier molecular flexibility index (Phi) is 6.05. The fourth-order valence-corrected chi connectivity index (χ4v) is 2.19. The summed E-state index contributed by atoms with van der Waals surface area (Å²) in [7, 11) is 0. The van der Waals surface area contributed by atoms with Gasteiger partial charge in [0.05, 0.1) is 18.6 Å². The molecule has 1 atom stereocenters. The van der Waals surface area contributed by atoms with E-state index in [2.05, 4.69) is 0 Å². The number of para-hydroxylation sites is 1. The van der Waals surface area contributed by atoms with Gasteiger partial charge in [-0.2, -0.15) is 0 Å². The molecule has 0 saturated heterocycles. The fourth-order valence-electron chi connectivity index (χ4n) is 2.19. The second-order valence-electron chi connectivity index (χ2n) is 5.26. The van der Waals surface area contributed by atoms with Gasteiger partial charge in [0.25, 0.3) is 5.91 Å². The molecule has 0 radical (unpaired) electrons. The number of benzene rings is 2. The Balaban J connectivity index is 1.89. The van der Waals surface area contributed by atoms with E-state index >= 15 is 0 Å². The lowest BCUT2D eigenvalue weighted by molar-refractivity contribution is -0.149. The van der Waals surface area contributed by atoms with Crippen LogP contribution >= 0.6 is 0 Å². The van der Waals surface area contributed by atoms with Gasteiger partial charge in [0.1, 0.15) is 23.5 Å². The molecule has 5 nitrogen and oxygen atoms in total. The van der Waals surface area contributed by atoms with Gasteiger partial charge in [-0.25, -0.2) is 8.78 Å². The number of carbonyl (C=O) groups is 2. The molecule has 25 heavy (non-hydrogen) atoms. The van der Waals surface area contributed by atoms with Crippen molar-refractivity contribution in [3.8, 4) is 5.75 Å². The van der Waals surface area contributed by atoms with Crippen molar-refractivity contribution in [3.05, 3.63) is 65.2 Å². The van der Waals surface area contributed by atoms with Crippen LogP contribution in [0.2, 0.25) is 0 Å². The zero-order chi connectivity index (χ0) is 18.4. The van der Waals surface area contributed by atoms with Gasteiger partial charge in [-0.05, 0) is 37.3 Å². The van der Waals surface area contributed by atoms with E-state index in [9.17, 15) is 18.4 Å². The molecule has 0 saturated carbocycles. The van der Waals surface area contributed by atoms with Gasteiger partial charge in [0, 0.05) is 5.56 Å². The predicted octanol–water partition coefficient (Wildman–Crippen LogP) is 3.14. The van der Waals surface area contributed by atoms with Crippen LogP contribution < -0.4 is 10.5 Å². The van der Waals surface area contributed by atoms with E-state index < -0.39 is 29.6 Å². The molecule has 0 unspecified atom stereocenters. The highest BCUT2D eigenvalue weighted by atomic mass is 19.1. The van der Waals surface area contributed by atoms with Crippen LogP contribution in [-0.4, -0.2) is 18.5 Å². The molecule has 0 spiro atoms. The van der Waals surface area contributed by atoms with E-state index in [4.69, 9.17) is 15.2 Å². The van der Waals surface area contributed by atoms with Gasteiger partial charge in [-0.3, -0.25) is 9.59 Å². The fraction of sp³-hybridized carbons (Fsp3) is 0.222. The predicted molar refractivity (Wildman–Crippen MR) is 85.9 cm³/mol. The Morgan fingerprint density at radius 1 is 1.16 bits per heavy atom. The summed E-state index contributed by atoms with van der Waals surface area (Å²) in [5, 5.41) is 0. The first-order valence-electron chi connectivity index (χ1n) is 7.54. The molecule has 2 aromatic carbocycles. The SMILES string of the molecule is C[C@H](OC(=O)CCOc1ccccc1C(N)=O)c1cc(F)ccc1F. The van der Waals surface area contributed by atoms with Crippen molar-refractivity contribution in [2.45, 2.75) is 19.4 Å². The van der Waals surface area contributed by atoms with Crippen LogP contribution in [0.3, 0.4) is 0 Å². The van der Waals surface area contributed by atoms with Crippen LogP contribution in [0.4, 0.5) is 8.78 Å². The van der Waals surface area contributed by atoms with Crippen molar-refractivity contribution >= 4 is 11.9 Å². The Bertz CT molecular complexity index is 779. The number of carbonyl (C=O) groups excluding carboxylic acids is 2. The maximum absolute atomic E-state index is 13.6.